The van der Waals surface area contributed by atoms with Gasteiger partial charge in [-0.2, -0.15) is 0 Å². The molecule has 0 aromatic rings. The van der Waals surface area contributed by atoms with Crippen LogP contribution in [0.1, 0.15) is 47.5 Å². The molecule has 116 valence electrons. The molecule has 0 aromatic carbocycles. The summed E-state index contributed by atoms with van der Waals surface area (Å²) >= 11 is 0. The molecule has 2 saturated heterocycles. The molecule has 4 heteroatoms. The molecule has 3 atom stereocenters. The van der Waals surface area contributed by atoms with Crippen LogP contribution in [0.3, 0.4) is 0 Å². The summed E-state index contributed by atoms with van der Waals surface area (Å²) in [4.78, 5) is 17.1. The van der Waals surface area contributed by atoms with Gasteiger partial charge in [-0.05, 0) is 52.0 Å². The second-order valence-corrected chi connectivity index (χ2v) is 7.26. The molecular weight excluding hydrogens is 250 g/mol. The minimum Gasteiger partial charge on any atom is -0.326 e. The summed E-state index contributed by atoms with van der Waals surface area (Å²) in [5.41, 5.74) is 0. The number of likely N-dealkylation sites (tertiary alicyclic amines) is 1. The van der Waals surface area contributed by atoms with Gasteiger partial charge in [0.2, 0.25) is 5.91 Å². The van der Waals surface area contributed by atoms with Gasteiger partial charge in [0.1, 0.15) is 0 Å². The van der Waals surface area contributed by atoms with Gasteiger partial charge in [0, 0.05) is 19.1 Å². The molecule has 2 heterocycles. The average molecular weight is 281 g/mol. The highest BCUT2D eigenvalue weighted by atomic mass is 16.2. The number of hydrogen-bond acceptors (Lipinski definition) is 3. The van der Waals surface area contributed by atoms with Crippen LogP contribution in [0, 0.1) is 11.8 Å². The number of amides is 1. The number of nitrogens with one attached hydrogen (secondary N) is 1. The van der Waals surface area contributed by atoms with Gasteiger partial charge in [0.15, 0.2) is 0 Å². The molecule has 0 aliphatic carbocycles. The fraction of sp³-hybridized carbons (Fsp3) is 0.938. The third-order valence-electron chi connectivity index (χ3n) is 4.70. The van der Waals surface area contributed by atoms with Crippen molar-refractivity contribution in [1.29, 1.82) is 0 Å². The monoisotopic (exact) mass is 281 g/mol. The lowest BCUT2D eigenvalue weighted by atomic mass is 10.0. The second-order valence-electron chi connectivity index (χ2n) is 7.26. The van der Waals surface area contributed by atoms with E-state index in [0.717, 1.165) is 19.5 Å². The lowest BCUT2D eigenvalue weighted by molar-refractivity contribution is -0.130. The Morgan fingerprint density at radius 3 is 2.55 bits per heavy atom. The van der Waals surface area contributed by atoms with E-state index in [1.807, 2.05) is 0 Å². The van der Waals surface area contributed by atoms with E-state index >= 15 is 0 Å². The Morgan fingerprint density at radius 2 is 2.00 bits per heavy atom. The maximum Gasteiger partial charge on any atom is 0.241 e. The second kappa shape index (κ2) is 6.44. The Kier molecular flexibility index (Phi) is 5.08. The minimum atomic E-state index is 0.0348. The summed E-state index contributed by atoms with van der Waals surface area (Å²) in [5, 5.41) is 3.46. The van der Waals surface area contributed by atoms with Crippen molar-refractivity contribution in [2.45, 2.75) is 65.7 Å². The fourth-order valence-corrected chi connectivity index (χ4v) is 3.49. The molecule has 0 spiro atoms. The van der Waals surface area contributed by atoms with E-state index < -0.39 is 0 Å². The van der Waals surface area contributed by atoms with E-state index in [1.54, 1.807) is 0 Å². The van der Waals surface area contributed by atoms with Crippen molar-refractivity contribution in [3.05, 3.63) is 0 Å². The molecule has 0 bridgehead atoms. The first-order valence-corrected chi connectivity index (χ1v) is 8.19. The minimum absolute atomic E-state index is 0.0348. The highest BCUT2D eigenvalue weighted by Crippen LogP contribution is 2.23. The van der Waals surface area contributed by atoms with Crippen molar-refractivity contribution in [2.75, 3.05) is 19.6 Å². The van der Waals surface area contributed by atoms with E-state index in [-0.39, 0.29) is 12.2 Å². The van der Waals surface area contributed by atoms with Crippen molar-refractivity contribution in [1.82, 2.24) is 15.1 Å². The zero-order chi connectivity index (χ0) is 14.9. The van der Waals surface area contributed by atoms with E-state index in [4.69, 9.17) is 0 Å². The number of carbonyl (C=O) groups excluding carboxylic acids is 1. The molecule has 1 N–H and O–H groups in total. The predicted molar refractivity (Wildman–Crippen MR) is 82.4 cm³/mol. The zero-order valence-electron chi connectivity index (χ0n) is 13.7. The van der Waals surface area contributed by atoms with Crippen LogP contribution in [0.2, 0.25) is 0 Å². The molecule has 0 radical (unpaired) electrons. The highest BCUT2D eigenvalue weighted by molar-refractivity contribution is 5.84. The van der Waals surface area contributed by atoms with Gasteiger partial charge in [0.25, 0.3) is 0 Å². The van der Waals surface area contributed by atoms with Gasteiger partial charge in [-0.3, -0.25) is 10.1 Å². The molecule has 2 fully saturated rings. The Labute approximate surface area is 123 Å². The standard InChI is InChI=1S/C16H31N3O/c1-11(2)8-15-16(20)19(13(5)17-15)10-14-6-7-18(9-14)12(3)4/h11-15,17H,6-10H2,1-5H3. The van der Waals surface area contributed by atoms with Crippen LogP contribution in [-0.2, 0) is 4.79 Å². The predicted octanol–water partition coefficient (Wildman–Crippen LogP) is 1.91. The number of nitrogens with zero attached hydrogens (tertiary/aromatic N) is 2. The van der Waals surface area contributed by atoms with Gasteiger partial charge < -0.3 is 9.80 Å². The summed E-state index contributed by atoms with van der Waals surface area (Å²) in [6, 6.07) is 0.658. The van der Waals surface area contributed by atoms with Crippen molar-refractivity contribution in [2.24, 2.45) is 11.8 Å². The van der Waals surface area contributed by atoms with Gasteiger partial charge in [-0.25, -0.2) is 0 Å². The first-order chi connectivity index (χ1) is 9.38. The van der Waals surface area contributed by atoms with Crippen LogP contribution in [0.5, 0.6) is 0 Å². The molecule has 2 aliphatic heterocycles. The lowest BCUT2D eigenvalue weighted by Gasteiger charge is -2.25. The van der Waals surface area contributed by atoms with E-state index in [9.17, 15) is 4.79 Å². The summed E-state index contributed by atoms with van der Waals surface area (Å²) in [7, 11) is 0. The molecule has 0 saturated carbocycles. The van der Waals surface area contributed by atoms with Crippen LogP contribution in [-0.4, -0.2) is 53.6 Å². The van der Waals surface area contributed by atoms with Crippen LogP contribution >= 0.6 is 0 Å². The molecule has 0 aromatic heterocycles. The number of rotatable bonds is 5. The number of hydrogen-bond donors (Lipinski definition) is 1. The largest absolute Gasteiger partial charge is 0.326 e. The first-order valence-electron chi connectivity index (χ1n) is 8.19. The van der Waals surface area contributed by atoms with Crippen molar-refractivity contribution >= 4 is 5.91 Å². The maximum atomic E-state index is 12.5. The maximum absolute atomic E-state index is 12.5. The van der Waals surface area contributed by atoms with Crippen LogP contribution in [0.25, 0.3) is 0 Å². The third kappa shape index (κ3) is 3.53. The normalized spacial score (nSPS) is 32.0. The Balaban J connectivity index is 1.88. The summed E-state index contributed by atoms with van der Waals surface area (Å²) in [6.45, 7) is 14.2. The Bertz CT molecular complexity index is 343. The van der Waals surface area contributed by atoms with Gasteiger partial charge in [-0.15, -0.1) is 0 Å². The fourth-order valence-electron chi connectivity index (χ4n) is 3.49. The molecule has 2 rings (SSSR count). The van der Waals surface area contributed by atoms with Crippen LogP contribution < -0.4 is 5.32 Å². The van der Waals surface area contributed by atoms with Crippen LogP contribution in [0.15, 0.2) is 0 Å². The quantitative estimate of drug-likeness (QED) is 0.836. The van der Waals surface area contributed by atoms with E-state index in [2.05, 4.69) is 49.7 Å². The topological polar surface area (TPSA) is 35.6 Å². The van der Waals surface area contributed by atoms with Crippen molar-refractivity contribution in [3.63, 3.8) is 0 Å². The van der Waals surface area contributed by atoms with Gasteiger partial charge in [0.05, 0.1) is 12.2 Å². The molecule has 3 unspecified atom stereocenters. The van der Waals surface area contributed by atoms with Gasteiger partial charge in [-0.1, -0.05) is 13.8 Å². The molecule has 20 heavy (non-hydrogen) atoms. The molecule has 4 nitrogen and oxygen atoms in total. The first kappa shape index (κ1) is 15.8. The van der Waals surface area contributed by atoms with E-state index in [1.165, 1.54) is 13.0 Å². The third-order valence-corrected chi connectivity index (χ3v) is 4.70. The smallest absolute Gasteiger partial charge is 0.241 e. The van der Waals surface area contributed by atoms with Crippen LogP contribution in [0.4, 0.5) is 0 Å². The molecular formula is C16H31N3O. The summed E-state index contributed by atoms with van der Waals surface area (Å²) in [6.07, 6.45) is 2.37. The average Bonchev–Trinajstić information content (AvgIpc) is 2.90. The van der Waals surface area contributed by atoms with Gasteiger partial charge >= 0.3 is 0 Å². The summed E-state index contributed by atoms with van der Waals surface area (Å²) in [5.74, 6) is 1.52. The number of carbonyl (C=O) groups is 1. The van der Waals surface area contributed by atoms with E-state index in [0.29, 0.717) is 23.8 Å². The highest BCUT2D eigenvalue weighted by Gasteiger charge is 2.38. The molecule has 1 amide bonds. The van der Waals surface area contributed by atoms with Crippen molar-refractivity contribution in [3.8, 4) is 0 Å². The zero-order valence-corrected chi connectivity index (χ0v) is 13.7. The van der Waals surface area contributed by atoms with Crippen molar-refractivity contribution < 1.29 is 4.79 Å². The Morgan fingerprint density at radius 1 is 1.30 bits per heavy atom. The SMILES string of the molecule is CC(C)CC1NC(C)N(CC2CCN(C(C)C)C2)C1=O. The molecule has 2 aliphatic rings. The Hall–Kier alpha value is -0.610. The summed E-state index contributed by atoms with van der Waals surface area (Å²) < 4.78 is 0. The lowest BCUT2D eigenvalue weighted by Crippen LogP contribution is -2.39.